The van der Waals surface area contributed by atoms with E-state index in [0.717, 1.165) is 11.4 Å². The maximum Gasteiger partial charge on any atom is 0.413 e. The summed E-state index contributed by atoms with van der Waals surface area (Å²) < 4.78 is 40.9. The summed E-state index contributed by atoms with van der Waals surface area (Å²) in [5.74, 6) is 0.144. The molecule has 1 aromatic heterocycles. The fraction of sp³-hybridized carbons (Fsp3) is 0.324. The van der Waals surface area contributed by atoms with Gasteiger partial charge in [-0.25, -0.2) is 23.5 Å². The molecule has 12 heteroatoms. The molecular formula is C34H38F2N6O4. The zero-order chi connectivity index (χ0) is 33.1. The normalized spacial score (nSPS) is 15.7. The van der Waals surface area contributed by atoms with Crippen LogP contribution in [0.3, 0.4) is 0 Å². The van der Waals surface area contributed by atoms with Crippen molar-refractivity contribution < 1.29 is 28.2 Å². The Balaban J connectivity index is 1.55. The van der Waals surface area contributed by atoms with E-state index in [1.54, 1.807) is 44.2 Å². The molecule has 4 aromatic rings. The summed E-state index contributed by atoms with van der Waals surface area (Å²) in [5, 5.41) is 13.7. The number of piperazine rings is 1. The van der Waals surface area contributed by atoms with Gasteiger partial charge in [-0.05, 0) is 99.1 Å². The molecule has 0 radical (unpaired) electrons. The zero-order valence-electron chi connectivity index (χ0n) is 26.7. The first kappa shape index (κ1) is 32.4. The third-order valence-corrected chi connectivity index (χ3v) is 8.42. The van der Waals surface area contributed by atoms with Gasteiger partial charge in [0, 0.05) is 43.1 Å². The van der Waals surface area contributed by atoms with Crippen molar-refractivity contribution in [3.63, 3.8) is 0 Å². The van der Waals surface area contributed by atoms with Gasteiger partial charge in [-0.1, -0.05) is 0 Å². The second-order valence-electron chi connectivity index (χ2n) is 11.4. The van der Waals surface area contributed by atoms with E-state index in [1.807, 2.05) is 4.90 Å². The highest BCUT2D eigenvalue weighted by atomic mass is 19.1. The van der Waals surface area contributed by atoms with Crippen molar-refractivity contribution in [3.05, 3.63) is 94.7 Å². The number of ether oxygens (including phenoxy) is 2. The first-order chi connectivity index (χ1) is 22.0. The summed E-state index contributed by atoms with van der Waals surface area (Å²) in [6.07, 6.45) is 0.0979. The smallest absolute Gasteiger partial charge is 0.413 e. The van der Waals surface area contributed by atoms with E-state index in [9.17, 15) is 14.3 Å². The Labute approximate surface area is 267 Å². The van der Waals surface area contributed by atoms with Gasteiger partial charge in [0.15, 0.2) is 0 Å². The number of likely N-dealkylation sites (N-methyl/N-ethyl adjacent to an activating group) is 1. The highest BCUT2D eigenvalue weighted by Crippen LogP contribution is 2.42. The van der Waals surface area contributed by atoms with Crippen LogP contribution >= 0.6 is 0 Å². The fourth-order valence-corrected chi connectivity index (χ4v) is 5.95. The molecule has 5 rings (SSSR count). The van der Waals surface area contributed by atoms with E-state index in [4.69, 9.17) is 9.47 Å². The van der Waals surface area contributed by atoms with Crippen molar-refractivity contribution >= 4 is 29.2 Å². The van der Waals surface area contributed by atoms with Crippen molar-refractivity contribution in [2.75, 3.05) is 56.0 Å². The lowest BCUT2D eigenvalue weighted by atomic mass is 9.89. The first-order valence-corrected chi connectivity index (χ1v) is 14.9. The molecule has 0 saturated carbocycles. The molecule has 2 atom stereocenters. The molecule has 10 nitrogen and oxygen atoms in total. The summed E-state index contributed by atoms with van der Waals surface area (Å²) >= 11 is 0. The molecule has 2 heterocycles. The average molecular weight is 633 g/mol. The number of aromatic nitrogens is 2. The number of amides is 1. The van der Waals surface area contributed by atoms with Crippen LogP contribution in [0.4, 0.5) is 36.7 Å². The van der Waals surface area contributed by atoms with E-state index in [0.29, 0.717) is 64.3 Å². The Bertz CT molecular complexity index is 1720. The molecule has 242 valence electrons. The second kappa shape index (κ2) is 13.6. The molecule has 0 aliphatic carbocycles. The standard InChI is InChI=1S/C34H38F2N6O4/c1-20-15-23(35)16-21(2)31(20)32(26-18-25(45-5)8-10-29(26)46-6)42(34(43)44)30-11-12-37-33(39-30)38-24-7-9-28(27(36)17-24)41-14-13-40(4)22(3)19-41/h7-12,15-18,22,32H,13-14,19H2,1-6H3,(H,43,44)(H,37,38,39). The third kappa shape index (κ3) is 6.66. The average Bonchev–Trinajstić information content (AvgIpc) is 3.01. The van der Waals surface area contributed by atoms with Crippen LogP contribution < -0.4 is 24.6 Å². The number of halogens is 2. The third-order valence-electron chi connectivity index (χ3n) is 8.42. The fourth-order valence-electron chi connectivity index (χ4n) is 5.95. The topological polar surface area (TPSA) is 103 Å². The van der Waals surface area contributed by atoms with Crippen LogP contribution in [0.5, 0.6) is 11.5 Å². The van der Waals surface area contributed by atoms with Crippen molar-refractivity contribution in [3.8, 4) is 11.5 Å². The van der Waals surface area contributed by atoms with Crippen molar-refractivity contribution in [1.82, 2.24) is 14.9 Å². The molecule has 46 heavy (non-hydrogen) atoms. The number of carbonyl (C=O) groups is 1. The van der Waals surface area contributed by atoms with Crippen LogP contribution in [0, 0.1) is 25.5 Å². The molecule has 3 aromatic carbocycles. The number of rotatable bonds is 9. The predicted molar refractivity (Wildman–Crippen MR) is 174 cm³/mol. The quantitative estimate of drug-likeness (QED) is 0.213. The van der Waals surface area contributed by atoms with Crippen molar-refractivity contribution in [2.24, 2.45) is 0 Å². The maximum atomic E-state index is 15.3. The molecule has 0 bridgehead atoms. The number of hydrogen-bond donors (Lipinski definition) is 2. The van der Waals surface area contributed by atoms with Crippen molar-refractivity contribution in [1.29, 1.82) is 0 Å². The first-order valence-electron chi connectivity index (χ1n) is 14.9. The van der Waals surface area contributed by atoms with Gasteiger partial charge in [-0.2, -0.15) is 4.98 Å². The summed E-state index contributed by atoms with van der Waals surface area (Å²) in [7, 11) is 5.05. The molecule has 1 amide bonds. The van der Waals surface area contributed by atoms with Gasteiger partial charge in [0.05, 0.1) is 25.9 Å². The molecule has 1 aliphatic heterocycles. The molecular weight excluding hydrogens is 594 g/mol. The van der Waals surface area contributed by atoms with Gasteiger partial charge in [-0.3, -0.25) is 0 Å². The zero-order valence-corrected chi connectivity index (χ0v) is 26.7. The van der Waals surface area contributed by atoms with Crippen LogP contribution in [-0.2, 0) is 0 Å². The van der Waals surface area contributed by atoms with Gasteiger partial charge >= 0.3 is 6.09 Å². The molecule has 1 saturated heterocycles. The predicted octanol–water partition coefficient (Wildman–Crippen LogP) is 6.55. The molecule has 1 aliphatic rings. The van der Waals surface area contributed by atoms with Crippen LogP contribution in [0.15, 0.2) is 60.8 Å². The summed E-state index contributed by atoms with van der Waals surface area (Å²) in [6, 6.07) is 13.4. The lowest BCUT2D eigenvalue weighted by Crippen LogP contribution is -2.50. The minimum atomic E-state index is -1.32. The molecule has 0 spiro atoms. The van der Waals surface area contributed by atoms with Crippen LogP contribution in [0.25, 0.3) is 0 Å². The largest absolute Gasteiger partial charge is 0.497 e. The lowest BCUT2D eigenvalue weighted by molar-refractivity contribution is 0.199. The maximum absolute atomic E-state index is 15.3. The Morgan fingerprint density at radius 2 is 1.78 bits per heavy atom. The number of nitrogens with one attached hydrogen (secondary N) is 1. The molecule has 2 N–H and O–H groups in total. The highest BCUT2D eigenvalue weighted by Gasteiger charge is 2.34. The summed E-state index contributed by atoms with van der Waals surface area (Å²) in [4.78, 5) is 27.3. The van der Waals surface area contributed by atoms with Crippen molar-refractivity contribution in [2.45, 2.75) is 32.9 Å². The lowest BCUT2D eigenvalue weighted by Gasteiger charge is -2.39. The van der Waals surface area contributed by atoms with E-state index >= 15 is 4.39 Å². The van der Waals surface area contributed by atoms with Gasteiger partial charge in [0.2, 0.25) is 5.95 Å². The Kier molecular flexibility index (Phi) is 9.57. The second-order valence-corrected chi connectivity index (χ2v) is 11.4. The SMILES string of the molecule is COc1ccc(OC)c(C(c2c(C)cc(F)cc2C)N(C(=O)O)c2ccnc(Nc3ccc(N4CCN(C)C(C)C4)c(F)c3)n2)c1. The summed E-state index contributed by atoms with van der Waals surface area (Å²) in [5.41, 5.74) is 3.01. The van der Waals surface area contributed by atoms with Crippen LogP contribution in [0.2, 0.25) is 0 Å². The minimum Gasteiger partial charge on any atom is -0.497 e. The van der Waals surface area contributed by atoms with Crippen LogP contribution in [-0.4, -0.2) is 73.0 Å². The van der Waals surface area contributed by atoms with E-state index in [-0.39, 0.29) is 11.8 Å². The molecule has 1 fully saturated rings. The minimum absolute atomic E-state index is 0.0338. The van der Waals surface area contributed by atoms with Gasteiger partial charge in [0.1, 0.15) is 29.0 Å². The Morgan fingerprint density at radius 1 is 1.04 bits per heavy atom. The number of methoxy groups -OCH3 is 2. The Morgan fingerprint density at radius 3 is 2.41 bits per heavy atom. The van der Waals surface area contributed by atoms with Gasteiger partial charge in [0.25, 0.3) is 0 Å². The van der Waals surface area contributed by atoms with E-state index in [2.05, 4.69) is 34.2 Å². The number of nitrogens with zero attached hydrogens (tertiary/aromatic N) is 5. The number of carboxylic acid groups (broad SMARTS) is 1. The number of anilines is 4. The van der Waals surface area contributed by atoms with Gasteiger partial charge < -0.3 is 29.7 Å². The summed E-state index contributed by atoms with van der Waals surface area (Å²) in [6.45, 7) is 7.81. The van der Waals surface area contributed by atoms with Crippen LogP contribution in [0.1, 0.15) is 35.2 Å². The Hall–Kier alpha value is -4.97. The van der Waals surface area contributed by atoms with E-state index < -0.39 is 23.8 Å². The monoisotopic (exact) mass is 632 g/mol. The number of aryl methyl sites for hydroxylation is 2. The number of hydrogen-bond acceptors (Lipinski definition) is 8. The van der Waals surface area contributed by atoms with E-state index in [1.165, 1.54) is 44.7 Å². The molecule has 2 unspecified atom stereocenters. The number of benzene rings is 3. The van der Waals surface area contributed by atoms with Gasteiger partial charge in [-0.15, -0.1) is 0 Å². The highest BCUT2D eigenvalue weighted by molar-refractivity contribution is 5.87.